The number of carbonyl (C=O) groups is 1. The Bertz CT molecular complexity index is 545. The number of carbonyl (C=O) groups excluding carboxylic acids is 1. The molecule has 0 saturated heterocycles. The maximum absolute atomic E-state index is 12.0. The molecule has 0 aliphatic heterocycles. The van der Waals surface area contributed by atoms with Gasteiger partial charge in [0.25, 0.3) is 0 Å². The Morgan fingerprint density at radius 2 is 2.00 bits per heavy atom. The highest BCUT2D eigenvalue weighted by atomic mass is 16.1. The monoisotopic (exact) mass is 243 g/mol. The summed E-state index contributed by atoms with van der Waals surface area (Å²) in [5.74, 6) is 0.184. The van der Waals surface area contributed by atoms with Crippen molar-refractivity contribution in [3.05, 3.63) is 53.3 Å². The third-order valence-corrected chi connectivity index (χ3v) is 2.89. The van der Waals surface area contributed by atoms with Crippen LogP contribution in [0.5, 0.6) is 0 Å². The fourth-order valence-corrected chi connectivity index (χ4v) is 1.99. The largest absolute Gasteiger partial charge is 0.326 e. The lowest BCUT2D eigenvalue weighted by Gasteiger charge is -2.06. The van der Waals surface area contributed by atoms with E-state index in [1.54, 1.807) is 10.9 Å². The summed E-state index contributed by atoms with van der Waals surface area (Å²) in [5.41, 5.74) is 8.67. The van der Waals surface area contributed by atoms with E-state index in [-0.39, 0.29) is 5.78 Å². The summed E-state index contributed by atoms with van der Waals surface area (Å²) in [6, 6.07) is 7.80. The smallest absolute Gasteiger partial charge is 0.141 e. The van der Waals surface area contributed by atoms with Gasteiger partial charge in [-0.3, -0.25) is 9.48 Å². The van der Waals surface area contributed by atoms with Gasteiger partial charge in [0.05, 0.1) is 6.20 Å². The van der Waals surface area contributed by atoms with Crippen molar-refractivity contribution in [3.63, 3.8) is 0 Å². The molecule has 0 unspecified atom stereocenters. The van der Waals surface area contributed by atoms with E-state index in [1.165, 1.54) is 0 Å². The van der Waals surface area contributed by atoms with Crippen molar-refractivity contribution in [2.24, 2.45) is 12.8 Å². The first-order valence-electron chi connectivity index (χ1n) is 5.95. The van der Waals surface area contributed by atoms with E-state index >= 15 is 0 Å². The second-order valence-corrected chi connectivity index (χ2v) is 4.39. The molecular weight excluding hydrogens is 226 g/mol. The summed E-state index contributed by atoms with van der Waals surface area (Å²) in [6.07, 6.45) is 4.45. The van der Waals surface area contributed by atoms with Crippen LogP contribution in [0.15, 0.2) is 36.7 Å². The highest BCUT2D eigenvalue weighted by Gasteiger charge is 2.09. The second kappa shape index (κ2) is 5.60. The van der Waals surface area contributed by atoms with Gasteiger partial charge in [0.15, 0.2) is 0 Å². The Kier molecular flexibility index (Phi) is 3.89. The molecule has 2 aromatic rings. The van der Waals surface area contributed by atoms with Gasteiger partial charge in [0, 0.05) is 32.6 Å². The van der Waals surface area contributed by atoms with Crippen LogP contribution in [0, 0.1) is 0 Å². The van der Waals surface area contributed by atoms with Crippen molar-refractivity contribution in [3.8, 4) is 0 Å². The summed E-state index contributed by atoms with van der Waals surface area (Å²) in [5, 5.41) is 4.05. The zero-order valence-corrected chi connectivity index (χ0v) is 10.5. The van der Waals surface area contributed by atoms with Crippen LogP contribution in [-0.2, 0) is 31.2 Å². The predicted octanol–water partition coefficient (Wildman–Crippen LogP) is 1.23. The minimum Gasteiger partial charge on any atom is -0.326 e. The number of hydrogen-bond acceptors (Lipinski definition) is 3. The van der Waals surface area contributed by atoms with E-state index in [2.05, 4.69) is 5.10 Å². The molecule has 0 bridgehead atoms. The van der Waals surface area contributed by atoms with E-state index in [0.717, 1.165) is 16.7 Å². The van der Waals surface area contributed by atoms with Crippen molar-refractivity contribution in [2.45, 2.75) is 19.4 Å². The third-order valence-electron chi connectivity index (χ3n) is 2.89. The van der Waals surface area contributed by atoms with Crippen molar-refractivity contribution in [1.82, 2.24) is 9.78 Å². The average Bonchev–Trinajstić information content (AvgIpc) is 2.75. The van der Waals surface area contributed by atoms with Gasteiger partial charge >= 0.3 is 0 Å². The quantitative estimate of drug-likeness (QED) is 0.859. The summed E-state index contributed by atoms with van der Waals surface area (Å²) < 4.78 is 1.70. The Labute approximate surface area is 106 Å². The molecule has 18 heavy (non-hydrogen) atoms. The highest BCUT2D eigenvalue weighted by Crippen LogP contribution is 2.10. The lowest BCUT2D eigenvalue weighted by atomic mass is 10.00. The summed E-state index contributed by atoms with van der Waals surface area (Å²) in [6.45, 7) is 0.469. The Hall–Kier alpha value is -1.94. The third kappa shape index (κ3) is 3.05. The number of Topliss-reactive ketones (excluding diaryl/α,β-unsaturated/α-hetero) is 1. The minimum absolute atomic E-state index is 0.184. The van der Waals surface area contributed by atoms with E-state index in [0.29, 0.717) is 19.4 Å². The molecular formula is C14H17N3O. The number of aryl methyl sites for hydroxylation is 1. The van der Waals surface area contributed by atoms with Gasteiger partial charge < -0.3 is 5.73 Å². The van der Waals surface area contributed by atoms with Crippen LogP contribution < -0.4 is 5.73 Å². The van der Waals surface area contributed by atoms with Crippen LogP contribution in [0.3, 0.4) is 0 Å². The van der Waals surface area contributed by atoms with E-state index < -0.39 is 0 Å². The fraction of sp³-hybridized carbons (Fsp3) is 0.286. The lowest BCUT2D eigenvalue weighted by Crippen LogP contribution is -2.09. The summed E-state index contributed by atoms with van der Waals surface area (Å²) in [4.78, 5) is 12.0. The molecule has 0 fully saturated rings. The predicted molar refractivity (Wildman–Crippen MR) is 70.0 cm³/mol. The number of nitrogens with zero attached hydrogens (tertiary/aromatic N) is 2. The molecule has 0 aliphatic carbocycles. The number of nitrogens with two attached hydrogens (primary N) is 1. The van der Waals surface area contributed by atoms with Gasteiger partial charge in [0.2, 0.25) is 0 Å². The zero-order chi connectivity index (χ0) is 13.0. The molecule has 4 heteroatoms. The van der Waals surface area contributed by atoms with E-state index in [4.69, 9.17) is 5.73 Å². The SMILES string of the molecule is Cn1cc(CC(=O)Cc2ccccc2CN)cn1. The average molecular weight is 243 g/mol. The molecule has 0 radical (unpaired) electrons. The Morgan fingerprint density at radius 1 is 1.28 bits per heavy atom. The second-order valence-electron chi connectivity index (χ2n) is 4.39. The first-order chi connectivity index (χ1) is 8.69. The van der Waals surface area contributed by atoms with Crippen LogP contribution in [0.4, 0.5) is 0 Å². The highest BCUT2D eigenvalue weighted by molar-refractivity contribution is 5.83. The maximum Gasteiger partial charge on any atom is 0.141 e. The van der Waals surface area contributed by atoms with Gasteiger partial charge in [0.1, 0.15) is 5.78 Å². The molecule has 0 atom stereocenters. The van der Waals surface area contributed by atoms with Crippen molar-refractivity contribution in [1.29, 1.82) is 0 Å². The zero-order valence-electron chi connectivity index (χ0n) is 10.5. The van der Waals surface area contributed by atoms with Crippen molar-refractivity contribution >= 4 is 5.78 Å². The molecule has 1 aromatic heterocycles. The first-order valence-corrected chi connectivity index (χ1v) is 5.95. The summed E-state index contributed by atoms with van der Waals surface area (Å²) in [7, 11) is 1.84. The molecule has 2 N–H and O–H groups in total. The van der Waals surface area contributed by atoms with Crippen LogP contribution in [0.25, 0.3) is 0 Å². The van der Waals surface area contributed by atoms with Crippen LogP contribution >= 0.6 is 0 Å². The molecule has 0 spiro atoms. The molecule has 0 amide bonds. The number of ketones is 1. The maximum atomic E-state index is 12.0. The Balaban J connectivity index is 2.03. The Morgan fingerprint density at radius 3 is 2.61 bits per heavy atom. The van der Waals surface area contributed by atoms with E-state index in [1.807, 2.05) is 37.5 Å². The standard InChI is InChI=1S/C14H17N3O/c1-17-10-11(9-16-17)6-14(18)7-12-4-2-3-5-13(12)8-15/h2-5,9-10H,6-8,15H2,1H3. The number of benzene rings is 1. The lowest BCUT2D eigenvalue weighted by molar-refractivity contribution is -0.117. The number of rotatable bonds is 5. The molecule has 94 valence electrons. The minimum atomic E-state index is 0.184. The normalized spacial score (nSPS) is 10.6. The van der Waals surface area contributed by atoms with Gasteiger partial charge in [-0.1, -0.05) is 24.3 Å². The first kappa shape index (κ1) is 12.5. The van der Waals surface area contributed by atoms with Gasteiger partial charge in [-0.05, 0) is 16.7 Å². The number of hydrogen-bond donors (Lipinski definition) is 1. The van der Waals surface area contributed by atoms with Crippen molar-refractivity contribution < 1.29 is 4.79 Å². The van der Waals surface area contributed by atoms with Crippen molar-refractivity contribution in [2.75, 3.05) is 0 Å². The van der Waals surface area contributed by atoms with Crippen LogP contribution in [0.1, 0.15) is 16.7 Å². The molecule has 0 saturated carbocycles. The molecule has 1 heterocycles. The summed E-state index contributed by atoms with van der Waals surface area (Å²) >= 11 is 0. The van der Waals surface area contributed by atoms with Gasteiger partial charge in [-0.15, -0.1) is 0 Å². The topological polar surface area (TPSA) is 60.9 Å². The van der Waals surface area contributed by atoms with Crippen LogP contribution in [0.2, 0.25) is 0 Å². The van der Waals surface area contributed by atoms with E-state index in [9.17, 15) is 4.79 Å². The molecule has 2 rings (SSSR count). The molecule has 1 aromatic carbocycles. The van der Waals surface area contributed by atoms with Crippen LogP contribution in [-0.4, -0.2) is 15.6 Å². The molecule has 0 aliphatic rings. The fourth-order valence-electron chi connectivity index (χ4n) is 1.99. The van der Waals surface area contributed by atoms with Gasteiger partial charge in [-0.25, -0.2) is 0 Å². The van der Waals surface area contributed by atoms with Gasteiger partial charge in [-0.2, -0.15) is 5.10 Å². The number of aromatic nitrogens is 2. The molecule has 4 nitrogen and oxygen atoms in total.